The maximum Gasteiger partial charge on any atom is 0.123 e. The van der Waals surface area contributed by atoms with Gasteiger partial charge in [0.05, 0.1) is 0 Å². The molecule has 1 nitrogen and oxygen atoms in total. The van der Waals surface area contributed by atoms with Crippen molar-refractivity contribution >= 4 is 0 Å². The lowest BCUT2D eigenvalue weighted by Crippen LogP contribution is -2.10. The Bertz CT molecular complexity index is 307. The van der Waals surface area contributed by atoms with E-state index in [-0.39, 0.29) is 11.9 Å². The van der Waals surface area contributed by atoms with E-state index in [0.29, 0.717) is 6.42 Å². The van der Waals surface area contributed by atoms with E-state index >= 15 is 0 Å². The molecule has 0 spiro atoms. The molecule has 0 bridgehead atoms. The molecule has 0 radical (unpaired) electrons. The van der Waals surface area contributed by atoms with Crippen LogP contribution in [-0.2, 0) is 0 Å². The summed E-state index contributed by atoms with van der Waals surface area (Å²) in [5.74, 6) is -0.216. The number of nitrogens with two attached hydrogens (primary N) is 1. The summed E-state index contributed by atoms with van der Waals surface area (Å²) in [4.78, 5) is 0. The zero-order valence-corrected chi connectivity index (χ0v) is 7.76. The first-order chi connectivity index (χ1) is 6.15. The number of halogens is 1. The van der Waals surface area contributed by atoms with Crippen LogP contribution in [0.15, 0.2) is 30.9 Å². The molecule has 2 N–H and O–H groups in total. The molecule has 1 rings (SSSR count). The van der Waals surface area contributed by atoms with E-state index in [1.807, 2.05) is 6.92 Å². The lowest BCUT2D eigenvalue weighted by molar-refractivity contribution is 0.623. The molecule has 13 heavy (non-hydrogen) atoms. The molecular weight excluding hydrogens is 165 g/mol. The molecular formula is C11H14FN. The summed E-state index contributed by atoms with van der Waals surface area (Å²) in [5, 5.41) is 0. The summed E-state index contributed by atoms with van der Waals surface area (Å²) >= 11 is 0. The SMILES string of the molecule is C=CCC(N)c1ccc(F)cc1C. The van der Waals surface area contributed by atoms with Crippen molar-refractivity contribution in [1.82, 2.24) is 0 Å². The Morgan fingerprint density at radius 2 is 2.31 bits per heavy atom. The third-order valence-electron chi connectivity index (χ3n) is 2.05. The summed E-state index contributed by atoms with van der Waals surface area (Å²) in [7, 11) is 0. The maximum atomic E-state index is 12.7. The standard InChI is InChI=1S/C11H14FN/c1-3-4-11(13)10-6-5-9(12)7-8(10)2/h3,5-7,11H,1,4,13H2,2H3. The van der Waals surface area contributed by atoms with Crippen molar-refractivity contribution in [2.45, 2.75) is 19.4 Å². The summed E-state index contributed by atoms with van der Waals surface area (Å²) in [6, 6.07) is 4.60. The van der Waals surface area contributed by atoms with Crippen molar-refractivity contribution in [3.8, 4) is 0 Å². The molecule has 70 valence electrons. The quantitative estimate of drug-likeness (QED) is 0.709. The molecule has 0 aliphatic rings. The van der Waals surface area contributed by atoms with Crippen LogP contribution in [0, 0.1) is 12.7 Å². The number of hydrogen-bond donors (Lipinski definition) is 1. The zero-order valence-electron chi connectivity index (χ0n) is 7.76. The predicted octanol–water partition coefficient (Wildman–Crippen LogP) is 2.71. The topological polar surface area (TPSA) is 26.0 Å². The van der Waals surface area contributed by atoms with Gasteiger partial charge in [-0.1, -0.05) is 12.1 Å². The van der Waals surface area contributed by atoms with Gasteiger partial charge in [0.25, 0.3) is 0 Å². The molecule has 0 aliphatic carbocycles. The molecule has 2 heteroatoms. The van der Waals surface area contributed by atoms with Gasteiger partial charge in [-0.25, -0.2) is 4.39 Å². The molecule has 0 saturated heterocycles. The highest BCUT2D eigenvalue weighted by atomic mass is 19.1. The molecule has 0 heterocycles. The minimum atomic E-state index is -0.216. The molecule has 1 aromatic rings. The van der Waals surface area contributed by atoms with E-state index in [0.717, 1.165) is 11.1 Å². The van der Waals surface area contributed by atoms with Gasteiger partial charge in [0, 0.05) is 6.04 Å². The van der Waals surface area contributed by atoms with Crippen LogP contribution in [-0.4, -0.2) is 0 Å². The summed E-state index contributed by atoms with van der Waals surface area (Å²) in [6.45, 7) is 5.48. The lowest BCUT2D eigenvalue weighted by Gasteiger charge is -2.12. The molecule has 0 saturated carbocycles. The smallest absolute Gasteiger partial charge is 0.123 e. The van der Waals surface area contributed by atoms with Crippen molar-refractivity contribution in [1.29, 1.82) is 0 Å². The number of hydrogen-bond acceptors (Lipinski definition) is 1. The first-order valence-corrected chi connectivity index (χ1v) is 4.27. The molecule has 0 aliphatic heterocycles. The normalized spacial score (nSPS) is 12.5. The van der Waals surface area contributed by atoms with Gasteiger partial charge in [0.1, 0.15) is 5.82 Å². The molecule has 1 unspecified atom stereocenters. The van der Waals surface area contributed by atoms with Crippen LogP contribution < -0.4 is 5.73 Å². The summed E-state index contributed by atoms with van der Waals surface area (Å²) in [6.07, 6.45) is 2.49. The maximum absolute atomic E-state index is 12.7. The van der Waals surface area contributed by atoms with Crippen molar-refractivity contribution in [3.63, 3.8) is 0 Å². The number of rotatable bonds is 3. The molecule has 0 fully saturated rings. The van der Waals surface area contributed by atoms with Crippen molar-refractivity contribution in [2.75, 3.05) is 0 Å². The van der Waals surface area contributed by atoms with Gasteiger partial charge in [-0.3, -0.25) is 0 Å². The monoisotopic (exact) mass is 179 g/mol. The summed E-state index contributed by atoms with van der Waals surface area (Å²) < 4.78 is 12.7. The van der Waals surface area contributed by atoms with E-state index in [2.05, 4.69) is 6.58 Å². The predicted molar refractivity (Wildman–Crippen MR) is 52.9 cm³/mol. The first kappa shape index (κ1) is 9.93. The molecule has 1 atom stereocenters. The second-order valence-electron chi connectivity index (χ2n) is 3.13. The third kappa shape index (κ3) is 2.39. The minimum Gasteiger partial charge on any atom is -0.324 e. The fourth-order valence-corrected chi connectivity index (χ4v) is 1.36. The van der Waals surface area contributed by atoms with Crippen LogP contribution in [0.1, 0.15) is 23.6 Å². The zero-order chi connectivity index (χ0) is 9.84. The van der Waals surface area contributed by atoms with Gasteiger partial charge >= 0.3 is 0 Å². The van der Waals surface area contributed by atoms with Crippen molar-refractivity contribution in [2.24, 2.45) is 5.73 Å². The summed E-state index contributed by atoms with van der Waals surface area (Å²) in [5.41, 5.74) is 7.75. The highest BCUT2D eigenvalue weighted by Gasteiger charge is 2.07. The van der Waals surface area contributed by atoms with E-state index < -0.39 is 0 Å². The van der Waals surface area contributed by atoms with Crippen LogP contribution in [0.5, 0.6) is 0 Å². The van der Waals surface area contributed by atoms with Gasteiger partial charge in [0.15, 0.2) is 0 Å². The highest BCUT2D eigenvalue weighted by molar-refractivity contribution is 5.29. The molecule has 0 amide bonds. The van der Waals surface area contributed by atoms with Gasteiger partial charge in [-0.15, -0.1) is 6.58 Å². The lowest BCUT2D eigenvalue weighted by atomic mass is 9.99. The van der Waals surface area contributed by atoms with Crippen molar-refractivity contribution < 1.29 is 4.39 Å². The second kappa shape index (κ2) is 4.19. The van der Waals surface area contributed by atoms with E-state index in [1.165, 1.54) is 12.1 Å². The third-order valence-corrected chi connectivity index (χ3v) is 2.05. The van der Waals surface area contributed by atoms with Crippen LogP contribution in [0.3, 0.4) is 0 Å². The fourth-order valence-electron chi connectivity index (χ4n) is 1.36. The van der Waals surface area contributed by atoms with Crippen LogP contribution >= 0.6 is 0 Å². The van der Waals surface area contributed by atoms with Crippen LogP contribution in [0.4, 0.5) is 4.39 Å². The fraction of sp³-hybridized carbons (Fsp3) is 0.273. The van der Waals surface area contributed by atoms with Gasteiger partial charge in [-0.05, 0) is 36.6 Å². The van der Waals surface area contributed by atoms with Gasteiger partial charge in [0.2, 0.25) is 0 Å². The largest absolute Gasteiger partial charge is 0.324 e. The minimum absolute atomic E-state index is 0.0712. The number of aryl methyl sites for hydroxylation is 1. The Morgan fingerprint density at radius 1 is 1.62 bits per heavy atom. The van der Waals surface area contributed by atoms with Gasteiger partial charge < -0.3 is 5.73 Å². The Labute approximate surface area is 78.1 Å². The van der Waals surface area contributed by atoms with Crippen LogP contribution in [0.2, 0.25) is 0 Å². The van der Waals surface area contributed by atoms with E-state index in [1.54, 1.807) is 12.1 Å². The van der Waals surface area contributed by atoms with Crippen LogP contribution in [0.25, 0.3) is 0 Å². The van der Waals surface area contributed by atoms with Gasteiger partial charge in [-0.2, -0.15) is 0 Å². The Hall–Kier alpha value is -1.15. The Morgan fingerprint density at radius 3 is 2.85 bits per heavy atom. The Balaban J connectivity index is 2.94. The van der Waals surface area contributed by atoms with E-state index in [4.69, 9.17) is 5.73 Å². The van der Waals surface area contributed by atoms with Crippen molar-refractivity contribution in [3.05, 3.63) is 47.8 Å². The first-order valence-electron chi connectivity index (χ1n) is 4.27. The average Bonchev–Trinajstić information content (AvgIpc) is 2.04. The Kier molecular flexibility index (Phi) is 3.20. The average molecular weight is 179 g/mol. The number of benzene rings is 1. The molecule has 1 aromatic carbocycles. The molecule has 0 aromatic heterocycles. The highest BCUT2D eigenvalue weighted by Crippen LogP contribution is 2.19. The second-order valence-corrected chi connectivity index (χ2v) is 3.13. The van der Waals surface area contributed by atoms with E-state index in [9.17, 15) is 4.39 Å².